The molecule has 3 N–H and O–H groups in total. The molecule has 0 heterocycles. The van der Waals surface area contributed by atoms with E-state index in [1.165, 1.54) is 30.3 Å². The first kappa shape index (κ1) is 14.3. The van der Waals surface area contributed by atoms with Gasteiger partial charge in [0, 0.05) is 17.6 Å². The number of halogens is 1. The summed E-state index contributed by atoms with van der Waals surface area (Å²) in [5.41, 5.74) is 1.58. The fourth-order valence-electron chi connectivity index (χ4n) is 2.20. The third kappa shape index (κ3) is 3.27. The van der Waals surface area contributed by atoms with Gasteiger partial charge in [-0.15, -0.1) is 0 Å². The van der Waals surface area contributed by atoms with E-state index in [2.05, 4.69) is 5.32 Å². The maximum atomic E-state index is 12.9. The second kappa shape index (κ2) is 5.92. The van der Waals surface area contributed by atoms with Crippen LogP contribution in [0.3, 0.4) is 0 Å². The average molecular weight is 275 g/mol. The van der Waals surface area contributed by atoms with Crippen molar-refractivity contribution in [3.8, 4) is 11.5 Å². The van der Waals surface area contributed by atoms with Crippen LogP contribution < -0.4 is 5.32 Å². The summed E-state index contributed by atoms with van der Waals surface area (Å²) in [6, 6.07) is 10.6. The van der Waals surface area contributed by atoms with Gasteiger partial charge in [0.05, 0.1) is 0 Å². The van der Waals surface area contributed by atoms with Gasteiger partial charge in [-0.1, -0.05) is 12.1 Å². The summed E-state index contributed by atoms with van der Waals surface area (Å²) in [4.78, 5) is 0. The van der Waals surface area contributed by atoms with E-state index in [4.69, 9.17) is 0 Å². The lowest BCUT2D eigenvalue weighted by atomic mass is 10.0. The highest BCUT2D eigenvalue weighted by atomic mass is 19.1. The second-order valence-electron chi connectivity index (χ2n) is 4.90. The fourth-order valence-corrected chi connectivity index (χ4v) is 2.20. The van der Waals surface area contributed by atoms with Crippen LogP contribution in [0.4, 0.5) is 4.39 Å². The lowest BCUT2D eigenvalue weighted by Crippen LogP contribution is -2.22. The highest BCUT2D eigenvalue weighted by molar-refractivity contribution is 5.40. The van der Waals surface area contributed by atoms with Gasteiger partial charge in [0.15, 0.2) is 0 Å². The van der Waals surface area contributed by atoms with E-state index < -0.39 is 0 Å². The van der Waals surface area contributed by atoms with E-state index in [9.17, 15) is 14.6 Å². The molecule has 20 heavy (non-hydrogen) atoms. The molecule has 0 radical (unpaired) electrons. The van der Waals surface area contributed by atoms with E-state index in [0.717, 1.165) is 5.56 Å². The van der Waals surface area contributed by atoms with E-state index in [0.29, 0.717) is 5.56 Å². The molecule has 0 amide bonds. The number of phenolic OH excluding ortho intramolecular Hbond substituents is 2. The molecule has 0 aliphatic carbocycles. The predicted octanol–water partition coefficient (Wildman–Crippen LogP) is 3.65. The van der Waals surface area contributed by atoms with Gasteiger partial charge in [-0.3, -0.25) is 0 Å². The molecule has 0 bridgehead atoms. The topological polar surface area (TPSA) is 52.5 Å². The average Bonchev–Trinajstić information content (AvgIpc) is 2.42. The quantitative estimate of drug-likeness (QED) is 0.747. The highest BCUT2D eigenvalue weighted by Crippen LogP contribution is 2.29. The van der Waals surface area contributed by atoms with Crippen LogP contribution in [0, 0.1) is 5.82 Å². The summed E-state index contributed by atoms with van der Waals surface area (Å²) >= 11 is 0. The molecule has 0 aliphatic heterocycles. The molecule has 0 spiro atoms. The molecule has 2 rings (SSSR count). The van der Waals surface area contributed by atoms with Crippen LogP contribution in [0.25, 0.3) is 0 Å². The highest BCUT2D eigenvalue weighted by Gasteiger charge is 2.14. The van der Waals surface area contributed by atoms with Crippen molar-refractivity contribution in [1.82, 2.24) is 5.32 Å². The summed E-state index contributed by atoms with van der Waals surface area (Å²) in [5, 5.41) is 22.6. The van der Waals surface area contributed by atoms with Crippen LogP contribution in [-0.2, 0) is 0 Å². The molecule has 2 unspecified atom stereocenters. The SMILES string of the molecule is CC(NC(C)c1cc(O)ccc1O)c1ccc(F)cc1. The number of hydrogen-bond donors (Lipinski definition) is 3. The largest absolute Gasteiger partial charge is 0.508 e. The van der Waals surface area contributed by atoms with Gasteiger partial charge in [0.25, 0.3) is 0 Å². The number of nitrogens with one attached hydrogen (secondary N) is 1. The normalized spacial score (nSPS) is 13.9. The van der Waals surface area contributed by atoms with Crippen LogP contribution in [-0.4, -0.2) is 10.2 Å². The van der Waals surface area contributed by atoms with E-state index in [-0.39, 0.29) is 29.4 Å². The summed E-state index contributed by atoms with van der Waals surface area (Å²) in [6.07, 6.45) is 0. The molecule has 3 nitrogen and oxygen atoms in total. The Balaban J connectivity index is 2.12. The monoisotopic (exact) mass is 275 g/mol. The standard InChI is InChI=1S/C16H18FNO2/c1-10(12-3-5-13(17)6-4-12)18-11(2)15-9-14(19)7-8-16(15)20/h3-11,18-20H,1-2H3. The van der Waals surface area contributed by atoms with Crippen LogP contribution in [0.2, 0.25) is 0 Å². The fraction of sp³-hybridized carbons (Fsp3) is 0.250. The Hall–Kier alpha value is -2.07. The van der Waals surface area contributed by atoms with E-state index in [1.54, 1.807) is 12.1 Å². The van der Waals surface area contributed by atoms with Gasteiger partial charge < -0.3 is 15.5 Å². The van der Waals surface area contributed by atoms with Crippen LogP contribution in [0.15, 0.2) is 42.5 Å². The minimum absolute atomic E-state index is 0.00708. The van der Waals surface area contributed by atoms with Gasteiger partial charge >= 0.3 is 0 Å². The molecule has 2 aromatic carbocycles. The Morgan fingerprint density at radius 2 is 1.60 bits per heavy atom. The van der Waals surface area contributed by atoms with E-state index in [1.807, 2.05) is 13.8 Å². The smallest absolute Gasteiger partial charge is 0.123 e. The van der Waals surface area contributed by atoms with Crippen molar-refractivity contribution in [1.29, 1.82) is 0 Å². The molecule has 2 atom stereocenters. The zero-order valence-corrected chi connectivity index (χ0v) is 11.5. The van der Waals surface area contributed by atoms with Crippen molar-refractivity contribution in [3.63, 3.8) is 0 Å². The van der Waals surface area contributed by atoms with Gasteiger partial charge in [0.2, 0.25) is 0 Å². The van der Waals surface area contributed by atoms with Crippen molar-refractivity contribution >= 4 is 0 Å². The van der Waals surface area contributed by atoms with Crippen molar-refractivity contribution in [2.75, 3.05) is 0 Å². The molecule has 0 aromatic heterocycles. The van der Waals surface area contributed by atoms with Crippen molar-refractivity contribution in [3.05, 3.63) is 59.4 Å². The molecular weight excluding hydrogens is 257 g/mol. The predicted molar refractivity (Wildman–Crippen MR) is 76.1 cm³/mol. The minimum Gasteiger partial charge on any atom is -0.508 e. The van der Waals surface area contributed by atoms with Crippen molar-refractivity contribution in [2.24, 2.45) is 0 Å². The first-order valence-electron chi connectivity index (χ1n) is 6.50. The number of rotatable bonds is 4. The lowest BCUT2D eigenvalue weighted by Gasteiger charge is -2.21. The third-order valence-electron chi connectivity index (χ3n) is 3.35. The van der Waals surface area contributed by atoms with Gasteiger partial charge in [-0.25, -0.2) is 4.39 Å². The van der Waals surface area contributed by atoms with E-state index >= 15 is 0 Å². The summed E-state index contributed by atoms with van der Waals surface area (Å²) in [6.45, 7) is 3.86. The summed E-state index contributed by atoms with van der Waals surface area (Å²) in [7, 11) is 0. The van der Waals surface area contributed by atoms with Crippen molar-refractivity contribution in [2.45, 2.75) is 25.9 Å². The molecule has 4 heteroatoms. The molecular formula is C16H18FNO2. The maximum Gasteiger partial charge on any atom is 0.123 e. The van der Waals surface area contributed by atoms with Crippen LogP contribution >= 0.6 is 0 Å². The Morgan fingerprint density at radius 3 is 2.25 bits per heavy atom. The number of aromatic hydroxyl groups is 2. The molecule has 0 fully saturated rings. The molecule has 0 saturated heterocycles. The zero-order valence-electron chi connectivity index (χ0n) is 11.5. The maximum absolute atomic E-state index is 12.9. The summed E-state index contributed by atoms with van der Waals surface area (Å²) in [5.74, 6) is -0.0189. The number of benzene rings is 2. The Kier molecular flexibility index (Phi) is 4.25. The zero-order chi connectivity index (χ0) is 14.7. The van der Waals surface area contributed by atoms with Crippen molar-refractivity contribution < 1.29 is 14.6 Å². The van der Waals surface area contributed by atoms with Gasteiger partial charge in [-0.05, 0) is 49.7 Å². The summed E-state index contributed by atoms with van der Waals surface area (Å²) < 4.78 is 12.9. The Labute approximate surface area is 117 Å². The second-order valence-corrected chi connectivity index (χ2v) is 4.90. The first-order chi connectivity index (χ1) is 9.47. The molecule has 106 valence electrons. The van der Waals surface area contributed by atoms with Gasteiger partial charge in [-0.2, -0.15) is 0 Å². The van der Waals surface area contributed by atoms with Gasteiger partial charge in [0.1, 0.15) is 17.3 Å². The number of hydrogen-bond acceptors (Lipinski definition) is 3. The number of phenols is 2. The third-order valence-corrected chi connectivity index (χ3v) is 3.35. The molecule has 2 aromatic rings. The molecule has 0 aliphatic rings. The van der Waals surface area contributed by atoms with Crippen LogP contribution in [0.5, 0.6) is 11.5 Å². The lowest BCUT2D eigenvalue weighted by molar-refractivity contribution is 0.429. The minimum atomic E-state index is -0.264. The first-order valence-corrected chi connectivity index (χ1v) is 6.50. The van der Waals surface area contributed by atoms with Crippen LogP contribution in [0.1, 0.15) is 37.1 Å². The Morgan fingerprint density at radius 1 is 0.950 bits per heavy atom. The Bertz CT molecular complexity index is 584. The molecule has 0 saturated carbocycles.